The van der Waals surface area contributed by atoms with E-state index in [9.17, 15) is 24.0 Å². The number of hydrogen-bond donors (Lipinski definition) is 5. The maximum Gasteiger partial charge on any atom is 0.410 e. The Morgan fingerprint density at radius 1 is 0.672 bits per heavy atom. The van der Waals surface area contributed by atoms with Crippen LogP contribution in [0.2, 0.25) is 0 Å². The minimum atomic E-state index is -0.473. The number of ether oxygens (including phenoxy) is 3. The first-order valence-electron chi connectivity index (χ1n) is 21.6. The number of amides is 3. The zero-order chi connectivity index (χ0) is 47.0. The van der Waals surface area contributed by atoms with E-state index in [4.69, 9.17) is 30.4 Å². The maximum atomic E-state index is 11.9. The van der Waals surface area contributed by atoms with E-state index in [0.717, 1.165) is 86.3 Å². The third-order valence-electron chi connectivity index (χ3n) is 10.2. The lowest BCUT2D eigenvalue weighted by molar-refractivity contribution is 0.0189. The van der Waals surface area contributed by atoms with Gasteiger partial charge in [0.2, 0.25) is 0 Å². The smallest absolute Gasteiger partial charge is 0.410 e. The Balaban J connectivity index is 0.000000295. The van der Waals surface area contributed by atoms with Crippen LogP contribution < -0.4 is 20.8 Å². The first-order chi connectivity index (χ1) is 29.5. The van der Waals surface area contributed by atoms with Crippen LogP contribution >= 0.6 is 35.5 Å². The van der Waals surface area contributed by atoms with Crippen molar-refractivity contribution in [3.63, 3.8) is 0 Å². The molecule has 64 heavy (non-hydrogen) atoms. The highest BCUT2D eigenvalue weighted by Crippen LogP contribution is 2.27. The predicted molar refractivity (Wildman–Crippen MR) is 247 cm³/mol. The number of carbonyl (C=O) groups is 3. The molecule has 0 aliphatic carbocycles. The summed E-state index contributed by atoms with van der Waals surface area (Å²) in [7, 11) is 0. The fraction of sp³-hybridized carbons (Fsp3) is 0.780. The van der Waals surface area contributed by atoms with Gasteiger partial charge in [0.1, 0.15) is 34.3 Å². The minimum Gasteiger partial charge on any atom is -0.444 e. The highest BCUT2D eigenvalue weighted by molar-refractivity contribution is 7.03. The van der Waals surface area contributed by atoms with Crippen molar-refractivity contribution in [1.82, 2.24) is 38.7 Å². The summed E-state index contributed by atoms with van der Waals surface area (Å²) >= 11 is 1.96. The Labute approximate surface area is 390 Å². The van der Waals surface area contributed by atoms with Crippen molar-refractivity contribution in [3.8, 4) is 6.07 Å². The van der Waals surface area contributed by atoms with Crippen LogP contribution in [-0.2, 0) is 14.2 Å². The molecule has 6 rings (SSSR count). The van der Waals surface area contributed by atoms with Crippen LogP contribution in [0.5, 0.6) is 0 Å². The Morgan fingerprint density at radius 3 is 1.33 bits per heavy atom. The van der Waals surface area contributed by atoms with Gasteiger partial charge in [-0.15, -0.1) is 12.4 Å². The second-order valence-electron chi connectivity index (χ2n) is 18.9. The molecule has 6 heterocycles. The van der Waals surface area contributed by atoms with Crippen LogP contribution in [0.1, 0.15) is 137 Å². The summed E-state index contributed by atoms with van der Waals surface area (Å²) in [4.78, 5) is 67.6. The zero-order valence-electron chi connectivity index (χ0n) is 38.8. The van der Waals surface area contributed by atoms with Gasteiger partial charge >= 0.3 is 28.0 Å². The highest BCUT2D eigenvalue weighted by atomic mass is 35.5. The molecule has 4 fully saturated rings. The maximum absolute atomic E-state index is 11.9. The largest absolute Gasteiger partial charge is 0.444 e. The molecule has 6 N–H and O–H groups in total. The van der Waals surface area contributed by atoms with Crippen molar-refractivity contribution in [3.05, 3.63) is 31.0 Å². The van der Waals surface area contributed by atoms with E-state index in [0.29, 0.717) is 58.0 Å². The van der Waals surface area contributed by atoms with Gasteiger partial charge in [0, 0.05) is 86.0 Å². The van der Waals surface area contributed by atoms with Gasteiger partial charge in [0.05, 0.1) is 6.07 Å². The first kappa shape index (κ1) is 55.7. The SMILES string of the molecule is CC(C)(C)OC(=O)N1CCC(/C(N)=N/O)CC1.CC(C)(C)OC(=O)N1CCC(C#N)CC1.CC(C)(C)OC(=O)N1CCC(c2nsc(=O)[nH]2)CC1.Cl.O=c1[nH]c(C2CCNCC2)ns1. The van der Waals surface area contributed by atoms with E-state index < -0.39 is 16.8 Å². The Bertz CT molecular complexity index is 1920. The number of aromatic amines is 2. The summed E-state index contributed by atoms with van der Waals surface area (Å²) in [5, 5.41) is 23.6. The number of likely N-dealkylation sites (tertiary alicyclic amines) is 3. The molecule has 0 saturated carbocycles. The quantitative estimate of drug-likeness (QED) is 0.0753. The summed E-state index contributed by atoms with van der Waals surface area (Å²) in [6, 6.07) is 2.23. The van der Waals surface area contributed by atoms with Crippen molar-refractivity contribution >= 4 is 59.6 Å². The molecule has 362 valence electrons. The van der Waals surface area contributed by atoms with Gasteiger partial charge in [-0.25, -0.2) is 14.4 Å². The number of hydrogen-bond acceptors (Lipinski definition) is 16. The molecule has 23 heteroatoms. The van der Waals surface area contributed by atoms with Gasteiger partial charge in [-0.3, -0.25) is 19.6 Å². The van der Waals surface area contributed by atoms with Crippen LogP contribution in [0.3, 0.4) is 0 Å². The molecular formula is C41H70ClN11O9S2. The molecule has 4 saturated heterocycles. The number of amidine groups is 1. The third kappa shape index (κ3) is 20.6. The third-order valence-corrected chi connectivity index (χ3v) is 11.3. The number of rotatable bonds is 3. The summed E-state index contributed by atoms with van der Waals surface area (Å²) in [5.74, 6) is 2.73. The van der Waals surface area contributed by atoms with Gasteiger partial charge in [-0.05, 0) is 127 Å². The molecule has 2 aromatic heterocycles. The molecular weight excluding hydrogens is 890 g/mol. The topological polar surface area (TPSA) is 275 Å². The number of carbonyl (C=O) groups excluding carboxylic acids is 3. The molecule has 0 aromatic carbocycles. The lowest BCUT2D eigenvalue weighted by Crippen LogP contribution is -2.44. The number of H-pyrrole nitrogens is 2. The molecule has 4 aliphatic heterocycles. The Hall–Kier alpha value is -4.46. The van der Waals surface area contributed by atoms with E-state index in [1.54, 1.807) is 14.7 Å². The second kappa shape index (κ2) is 25.9. The summed E-state index contributed by atoms with van der Waals surface area (Å²) in [6.07, 6.45) is 5.87. The average Bonchev–Trinajstić information content (AvgIpc) is 3.88. The molecule has 3 amide bonds. The molecule has 0 bridgehead atoms. The monoisotopic (exact) mass is 959 g/mol. The summed E-state index contributed by atoms with van der Waals surface area (Å²) in [6.45, 7) is 22.4. The normalized spacial score (nSPS) is 18.3. The minimum absolute atomic E-state index is 0. The second-order valence-corrected chi connectivity index (χ2v) is 20.3. The lowest BCUT2D eigenvalue weighted by atomic mass is 9.96. The number of nitrogens with one attached hydrogen (secondary N) is 3. The number of oxime groups is 1. The number of halogens is 1. The van der Waals surface area contributed by atoms with Crippen molar-refractivity contribution in [2.75, 3.05) is 52.4 Å². The van der Waals surface area contributed by atoms with E-state index in [1.165, 1.54) is 0 Å². The average molecular weight is 961 g/mol. The van der Waals surface area contributed by atoms with E-state index in [2.05, 4.69) is 35.3 Å². The van der Waals surface area contributed by atoms with Crippen molar-refractivity contribution in [2.24, 2.45) is 22.7 Å². The van der Waals surface area contributed by atoms with E-state index in [-0.39, 0.29) is 64.0 Å². The summed E-state index contributed by atoms with van der Waals surface area (Å²) in [5.41, 5.74) is 4.16. The van der Waals surface area contributed by atoms with Crippen LogP contribution in [0.25, 0.3) is 0 Å². The van der Waals surface area contributed by atoms with Gasteiger partial charge in [-0.1, -0.05) is 5.16 Å². The van der Waals surface area contributed by atoms with Crippen molar-refractivity contribution in [1.29, 1.82) is 5.26 Å². The molecule has 4 aliphatic rings. The molecule has 2 aromatic rings. The van der Waals surface area contributed by atoms with Crippen LogP contribution in [-0.4, -0.2) is 132 Å². The fourth-order valence-electron chi connectivity index (χ4n) is 6.88. The van der Waals surface area contributed by atoms with Crippen LogP contribution in [0, 0.1) is 23.2 Å². The zero-order valence-corrected chi connectivity index (χ0v) is 41.2. The summed E-state index contributed by atoms with van der Waals surface area (Å²) < 4.78 is 24.1. The fourth-order valence-corrected chi connectivity index (χ4v) is 7.93. The number of nitrogens with zero attached hydrogens (tertiary/aromatic N) is 7. The van der Waals surface area contributed by atoms with Gasteiger partial charge in [-0.2, -0.15) is 14.0 Å². The lowest BCUT2D eigenvalue weighted by Gasteiger charge is -2.32. The standard InChI is InChI=1S/C12H19N3O3S.C11H21N3O3.C11H18N2O2.C7H11N3OS.ClH/c1-12(2,3)18-11(17)15-6-4-8(5-7-15)9-13-10(16)19-14-9;1-11(2,3)17-10(15)14-6-4-8(5-7-14)9(12)13-16;1-11(2,3)15-10(14)13-6-4-9(8-12)5-7-13;11-7-9-6(10-12-7)5-1-3-8-4-2-5;/h8H,4-7H2,1-3H3,(H,13,14,16);8,16H,4-7H2,1-3H3,(H2,12,13);9H,4-7H2,1-3H3;5,8H,1-4H2,(H,9,10,11);1H. The van der Waals surface area contributed by atoms with Gasteiger partial charge in [0.25, 0.3) is 0 Å². The van der Waals surface area contributed by atoms with E-state index >= 15 is 0 Å². The molecule has 0 atom stereocenters. The molecule has 0 spiro atoms. The molecule has 0 unspecified atom stereocenters. The van der Waals surface area contributed by atoms with Gasteiger partial charge < -0.3 is 45.2 Å². The molecule has 20 nitrogen and oxygen atoms in total. The van der Waals surface area contributed by atoms with Crippen molar-refractivity contribution in [2.45, 2.75) is 142 Å². The number of nitrogens with two attached hydrogens (primary N) is 1. The predicted octanol–water partition coefficient (Wildman–Crippen LogP) is 6.20. The molecule has 0 radical (unpaired) electrons. The van der Waals surface area contributed by atoms with Crippen molar-refractivity contribution < 1.29 is 33.8 Å². The number of piperidine rings is 4. The number of nitriles is 1. The van der Waals surface area contributed by atoms with E-state index in [1.807, 2.05) is 62.3 Å². The van der Waals surface area contributed by atoms with Crippen LogP contribution in [0.15, 0.2) is 14.7 Å². The van der Waals surface area contributed by atoms with Crippen LogP contribution in [0.4, 0.5) is 14.4 Å². The Kier molecular flexibility index (Phi) is 22.5. The highest BCUT2D eigenvalue weighted by Gasteiger charge is 2.31. The van der Waals surface area contributed by atoms with Gasteiger partial charge in [0.15, 0.2) is 0 Å². The Morgan fingerprint density at radius 2 is 1.02 bits per heavy atom. The first-order valence-corrected chi connectivity index (χ1v) is 23.1. The number of aromatic nitrogens is 4.